The van der Waals surface area contributed by atoms with Crippen LogP contribution >= 0.6 is 0 Å². The molecule has 7 atom stereocenters. The summed E-state index contributed by atoms with van der Waals surface area (Å²) < 4.78 is 73.6. The number of rotatable bonds is 9. The van der Waals surface area contributed by atoms with Gasteiger partial charge in [0.1, 0.15) is 41.3 Å². The van der Waals surface area contributed by atoms with Crippen molar-refractivity contribution in [3.8, 4) is 11.6 Å². The predicted octanol–water partition coefficient (Wildman–Crippen LogP) is 4.94. The maximum atomic E-state index is 15.0. The number of benzene rings is 1. The number of methoxy groups -OCH3 is 1. The Kier molecular flexibility index (Phi) is 12.3. The molecular weight excluding hydrogens is 791 g/mol. The predicted molar refractivity (Wildman–Crippen MR) is 211 cm³/mol. The quantitative estimate of drug-likeness (QED) is 0.310. The van der Waals surface area contributed by atoms with Gasteiger partial charge >= 0.3 is 6.09 Å². The molecule has 15 nitrogen and oxygen atoms in total. The summed E-state index contributed by atoms with van der Waals surface area (Å²) in [5.41, 5.74) is -0.508. The van der Waals surface area contributed by atoms with Crippen molar-refractivity contribution in [1.29, 1.82) is 0 Å². The molecule has 59 heavy (non-hydrogen) atoms. The van der Waals surface area contributed by atoms with Crippen LogP contribution in [-0.2, 0) is 35.6 Å². The lowest BCUT2D eigenvalue weighted by atomic mass is 9.92. The van der Waals surface area contributed by atoms with Crippen molar-refractivity contribution >= 4 is 44.9 Å². The minimum absolute atomic E-state index is 0.146. The first-order valence-corrected chi connectivity index (χ1v) is 22.5. The van der Waals surface area contributed by atoms with Crippen LogP contribution in [0.4, 0.5) is 13.6 Å². The number of nitrogens with one attached hydrogen (secondary N) is 3. The molecule has 0 unspecified atom stereocenters. The van der Waals surface area contributed by atoms with Crippen molar-refractivity contribution in [3.63, 3.8) is 0 Å². The molecular formula is C41H56F2N6O9S. The number of fused-ring (bicyclic) bond motifs is 4. The number of carbonyl (C=O) groups excluding carboxylic acids is 4. The Bertz CT molecular complexity index is 2050. The van der Waals surface area contributed by atoms with E-state index in [1.165, 1.54) is 11.8 Å². The molecule has 1 aromatic heterocycles. The fourth-order valence-electron chi connectivity index (χ4n) is 9.09. The fourth-order valence-corrected chi connectivity index (χ4v) is 10.4. The summed E-state index contributed by atoms with van der Waals surface area (Å²) in [6.45, 7) is 4.92. The Morgan fingerprint density at radius 2 is 1.75 bits per heavy atom. The molecule has 4 amide bonds. The lowest BCUT2D eigenvalue weighted by Gasteiger charge is -2.33. The smallest absolute Gasteiger partial charge is 0.408 e. The molecule has 0 spiro atoms. The van der Waals surface area contributed by atoms with Crippen LogP contribution < -0.4 is 24.8 Å². The number of halogens is 2. The van der Waals surface area contributed by atoms with Crippen molar-refractivity contribution in [2.24, 2.45) is 17.8 Å². The van der Waals surface area contributed by atoms with E-state index in [1.807, 2.05) is 10.8 Å². The highest BCUT2D eigenvalue weighted by Gasteiger charge is 2.67. The van der Waals surface area contributed by atoms with Crippen molar-refractivity contribution < 1.29 is 50.6 Å². The molecule has 1 saturated heterocycles. The van der Waals surface area contributed by atoms with Gasteiger partial charge in [0.25, 0.3) is 5.91 Å². The summed E-state index contributed by atoms with van der Waals surface area (Å²) >= 11 is 0. The average molecular weight is 847 g/mol. The largest absolute Gasteiger partial charge is 0.497 e. The molecule has 18 heteroatoms. The van der Waals surface area contributed by atoms with E-state index in [-0.39, 0.29) is 24.8 Å². The summed E-state index contributed by atoms with van der Waals surface area (Å²) in [7, 11) is -2.70. The SMILES string of the molecule is CC[C@@H]1[C@@H]2CN(C(=O)[C@H](C3CCCC3)NC(=O)O[C@@H](C)CCCCCCc3nc4ccc(OC)cc4nc3O2)[C@@H]1C(=O)N[C@]1(C(=O)NS(=O)(=O)C2(C)CC2)C[C@H]1C(F)F. The summed E-state index contributed by atoms with van der Waals surface area (Å²) in [6.07, 6.45) is 2.66. The third kappa shape index (κ3) is 8.78. The van der Waals surface area contributed by atoms with E-state index in [2.05, 4.69) is 10.6 Å². The molecule has 7 rings (SSSR count). The molecule has 3 heterocycles. The molecule has 324 valence electrons. The van der Waals surface area contributed by atoms with Gasteiger partial charge in [-0.15, -0.1) is 0 Å². The molecule has 2 bridgehead atoms. The van der Waals surface area contributed by atoms with Gasteiger partial charge in [0.15, 0.2) is 0 Å². The number of aryl methyl sites for hydroxylation is 1. The average Bonchev–Trinajstić information content (AvgIpc) is 4.00. The van der Waals surface area contributed by atoms with Crippen LogP contribution in [0.5, 0.6) is 11.6 Å². The lowest BCUT2D eigenvalue weighted by Crippen LogP contribution is -2.60. The van der Waals surface area contributed by atoms with E-state index in [9.17, 15) is 36.4 Å². The Labute approximate surface area is 343 Å². The van der Waals surface area contributed by atoms with Crippen LogP contribution in [-0.4, -0.2) is 102 Å². The number of ether oxygens (including phenoxy) is 3. The van der Waals surface area contributed by atoms with E-state index < -0.39 is 93.1 Å². The van der Waals surface area contributed by atoms with Gasteiger partial charge in [0.2, 0.25) is 34.1 Å². The van der Waals surface area contributed by atoms with Gasteiger partial charge in [0, 0.05) is 12.0 Å². The van der Waals surface area contributed by atoms with Gasteiger partial charge in [-0.3, -0.25) is 19.1 Å². The highest BCUT2D eigenvalue weighted by molar-refractivity contribution is 7.91. The lowest BCUT2D eigenvalue weighted by molar-refractivity contribution is -0.143. The fraction of sp³-hybridized carbons (Fsp3) is 0.707. The zero-order chi connectivity index (χ0) is 42.3. The molecule has 1 aromatic carbocycles. The minimum Gasteiger partial charge on any atom is -0.497 e. The summed E-state index contributed by atoms with van der Waals surface area (Å²) in [6, 6.07) is 2.89. The third-order valence-corrected chi connectivity index (χ3v) is 15.3. The number of cyclic esters (lactones) is 1. The number of carbonyl (C=O) groups is 4. The second-order valence-corrected chi connectivity index (χ2v) is 19.5. The maximum Gasteiger partial charge on any atom is 0.408 e. The number of nitrogens with zero attached hydrogens (tertiary/aromatic N) is 3. The normalized spacial score (nSPS) is 30.3. The number of alkyl halides is 2. The van der Waals surface area contributed by atoms with Crippen molar-refractivity contribution in [1.82, 2.24) is 30.2 Å². The molecule has 3 N–H and O–H groups in total. The van der Waals surface area contributed by atoms with Gasteiger partial charge in [-0.25, -0.2) is 32.0 Å². The van der Waals surface area contributed by atoms with Crippen LogP contribution in [0.25, 0.3) is 11.0 Å². The molecule has 4 fully saturated rings. The van der Waals surface area contributed by atoms with E-state index >= 15 is 0 Å². The van der Waals surface area contributed by atoms with Crippen molar-refractivity contribution in [2.75, 3.05) is 13.7 Å². The van der Waals surface area contributed by atoms with Crippen LogP contribution in [0.1, 0.15) is 110 Å². The third-order valence-electron chi connectivity index (χ3n) is 13.2. The summed E-state index contributed by atoms with van der Waals surface area (Å²) in [5.74, 6) is -4.64. The van der Waals surface area contributed by atoms with E-state index in [0.29, 0.717) is 61.0 Å². The Hall–Kier alpha value is -4.35. The first-order valence-electron chi connectivity index (χ1n) is 21.1. The highest BCUT2D eigenvalue weighted by Crippen LogP contribution is 2.50. The first kappa shape index (κ1) is 42.8. The molecule has 0 radical (unpaired) electrons. The van der Waals surface area contributed by atoms with Gasteiger partial charge in [-0.2, -0.15) is 0 Å². The van der Waals surface area contributed by atoms with Crippen LogP contribution in [0.15, 0.2) is 18.2 Å². The monoisotopic (exact) mass is 846 g/mol. The van der Waals surface area contributed by atoms with Crippen LogP contribution in [0, 0.1) is 17.8 Å². The standard InChI is InChI=1S/C41H56F2N6O9S/c1-5-26-31-22-49(33(26)35(50)47-41(21-27(41)34(42)43)38(52)48-59(54,55)40(3)18-19-40)37(51)32(24-13-10-11-14-24)46-39(53)57-23(2)12-8-6-7-9-15-29-36(58-31)45-30-20-25(56-4)16-17-28(30)44-29/h16-17,20,23-24,26-27,31-34H,5-15,18-19,21-22H2,1-4H3,(H,46,53)(H,47,50)(H,48,52)/t23-,26+,27-,31-,32-,33-,41+/m0/s1. The first-order chi connectivity index (χ1) is 28.1. The topological polar surface area (TPSA) is 195 Å². The molecule has 2 aromatic rings. The van der Waals surface area contributed by atoms with E-state index in [1.54, 1.807) is 33.1 Å². The Balaban J connectivity index is 1.27. The van der Waals surface area contributed by atoms with Gasteiger partial charge in [0.05, 0.1) is 35.4 Å². The second-order valence-electron chi connectivity index (χ2n) is 17.3. The van der Waals surface area contributed by atoms with Gasteiger partial charge in [-0.05, 0) is 96.1 Å². The zero-order valence-corrected chi connectivity index (χ0v) is 35.0. The number of alkyl carbamates (subject to hydrolysis) is 1. The van der Waals surface area contributed by atoms with Gasteiger partial charge in [-0.1, -0.05) is 32.6 Å². The number of amides is 4. The number of sulfonamides is 1. The molecule has 5 aliphatic rings. The van der Waals surface area contributed by atoms with E-state index in [0.717, 1.165) is 38.5 Å². The second kappa shape index (κ2) is 17.0. The van der Waals surface area contributed by atoms with Gasteiger partial charge < -0.3 is 29.7 Å². The van der Waals surface area contributed by atoms with Crippen LogP contribution in [0.2, 0.25) is 0 Å². The number of hydrogen-bond acceptors (Lipinski definition) is 11. The number of aromatic nitrogens is 2. The van der Waals surface area contributed by atoms with Crippen molar-refractivity contribution in [2.45, 2.75) is 152 Å². The maximum absolute atomic E-state index is 15.0. The summed E-state index contributed by atoms with van der Waals surface area (Å²) in [4.78, 5) is 68.0. The minimum atomic E-state index is -4.24. The molecule has 3 aliphatic carbocycles. The Morgan fingerprint density at radius 3 is 2.41 bits per heavy atom. The Morgan fingerprint density at radius 1 is 1.03 bits per heavy atom. The number of hydrogen-bond donors (Lipinski definition) is 3. The molecule has 3 saturated carbocycles. The molecule has 2 aliphatic heterocycles. The summed E-state index contributed by atoms with van der Waals surface area (Å²) in [5, 5.41) is 5.36. The van der Waals surface area contributed by atoms with Crippen LogP contribution in [0.3, 0.4) is 0 Å². The zero-order valence-electron chi connectivity index (χ0n) is 34.1. The van der Waals surface area contributed by atoms with E-state index in [4.69, 9.17) is 24.2 Å². The van der Waals surface area contributed by atoms with Crippen molar-refractivity contribution in [3.05, 3.63) is 23.9 Å². The highest BCUT2D eigenvalue weighted by atomic mass is 32.2.